The summed E-state index contributed by atoms with van der Waals surface area (Å²) in [5, 5.41) is 7.39. The van der Waals surface area contributed by atoms with Crippen molar-refractivity contribution >= 4 is 5.96 Å². The molecule has 0 radical (unpaired) electrons. The second-order valence-electron chi connectivity index (χ2n) is 3.49. The van der Waals surface area contributed by atoms with Gasteiger partial charge in [0.1, 0.15) is 0 Å². The minimum absolute atomic E-state index is 0.204. The molecule has 0 aromatic heterocycles. The zero-order chi connectivity index (χ0) is 8.55. The Morgan fingerprint density at radius 1 is 1.50 bits per heavy atom. The first-order valence-electron chi connectivity index (χ1n) is 4.51. The number of nitrogens with one attached hydrogen (secondary N) is 1. The van der Waals surface area contributed by atoms with Crippen LogP contribution in [0.25, 0.3) is 0 Å². The molecule has 3 N–H and O–H groups in total. The van der Waals surface area contributed by atoms with Gasteiger partial charge in [-0.1, -0.05) is 0 Å². The second kappa shape index (κ2) is 2.94. The maximum absolute atomic E-state index is 7.39. The van der Waals surface area contributed by atoms with Gasteiger partial charge in [0, 0.05) is 6.54 Å². The van der Waals surface area contributed by atoms with E-state index in [1.807, 2.05) is 4.90 Å². The number of rotatable bonds is 0. The fourth-order valence-corrected chi connectivity index (χ4v) is 2.22. The van der Waals surface area contributed by atoms with Crippen LogP contribution in [0.15, 0.2) is 0 Å². The van der Waals surface area contributed by atoms with Gasteiger partial charge in [0.05, 0.1) is 18.8 Å². The molecular formula is C8H15N3O. The van der Waals surface area contributed by atoms with Gasteiger partial charge in [0.15, 0.2) is 5.96 Å². The molecule has 2 atom stereocenters. The van der Waals surface area contributed by atoms with Crippen LogP contribution in [-0.4, -0.2) is 36.2 Å². The van der Waals surface area contributed by atoms with Crippen molar-refractivity contribution in [1.29, 1.82) is 5.41 Å². The first-order valence-corrected chi connectivity index (χ1v) is 4.51. The molecule has 0 aromatic carbocycles. The molecule has 1 saturated carbocycles. The predicted molar refractivity (Wildman–Crippen MR) is 46.0 cm³/mol. The molecule has 0 bridgehead atoms. The summed E-state index contributed by atoms with van der Waals surface area (Å²) in [7, 11) is 0. The lowest BCUT2D eigenvalue weighted by Crippen LogP contribution is -2.53. The number of hydrogen-bond acceptors (Lipinski definition) is 2. The van der Waals surface area contributed by atoms with Crippen molar-refractivity contribution in [2.75, 3.05) is 13.2 Å². The van der Waals surface area contributed by atoms with Crippen LogP contribution in [0.3, 0.4) is 0 Å². The number of nitrogens with zero attached hydrogens (tertiary/aromatic N) is 1. The molecule has 1 aliphatic carbocycles. The molecular weight excluding hydrogens is 154 g/mol. The first-order chi connectivity index (χ1) is 5.79. The van der Waals surface area contributed by atoms with Gasteiger partial charge in [-0.05, 0) is 19.3 Å². The van der Waals surface area contributed by atoms with Crippen LogP contribution in [-0.2, 0) is 4.74 Å². The quantitative estimate of drug-likeness (QED) is 0.400. The van der Waals surface area contributed by atoms with Gasteiger partial charge in [-0.15, -0.1) is 0 Å². The Hall–Kier alpha value is -0.770. The zero-order valence-corrected chi connectivity index (χ0v) is 7.12. The third-order valence-corrected chi connectivity index (χ3v) is 2.79. The lowest BCUT2D eigenvalue weighted by atomic mass is 10.1. The van der Waals surface area contributed by atoms with Crippen LogP contribution in [0.5, 0.6) is 0 Å². The van der Waals surface area contributed by atoms with Crippen LogP contribution in [0, 0.1) is 5.41 Å². The van der Waals surface area contributed by atoms with E-state index in [4.69, 9.17) is 15.9 Å². The van der Waals surface area contributed by atoms with Crippen molar-refractivity contribution < 1.29 is 4.74 Å². The Kier molecular flexibility index (Phi) is 1.92. The SMILES string of the molecule is N=C(N)N1CCOC2CCCC21. The van der Waals surface area contributed by atoms with Crippen LogP contribution < -0.4 is 5.73 Å². The summed E-state index contributed by atoms with van der Waals surface area (Å²) in [6, 6.07) is 0.385. The normalized spacial score (nSPS) is 34.8. The maximum atomic E-state index is 7.39. The van der Waals surface area contributed by atoms with Crippen molar-refractivity contribution in [1.82, 2.24) is 4.90 Å². The second-order valence-corrected chi connectivity index (χ2v) is 3.49. The van der Waals surface area contributed by atoms with E-state index in [2.05, 4.69) is 0 Å². The Morgan fingerprint density at radius 2 is 2.33 bits per heavy atom. The van der Waals surface area contributed by atoms with Crippen molar-refractivity contribution in [3.8, 4) is 0 Å². The molecule has 0 aromatic rings. The molecule has 68 valence electrons. The zero-order valence-electron chi connectivity index (χ0n) is 7.12. The summed E-state index contributed by atoms with van der Waals surface area (Å²) in [5.74, 6) is 0.204. The summed E-state index contributed by atoms with van der Waals surface area (Å²) < 4.78 is 5.59. The van der Waals surface area contributed by atoms with E-state index in [1.54, 1.807) is 0 Å². The van der Waals surface area contributed by atoms with E-state index in [1.165, 1.54) is 6.42 Å². The molecule has 2 aliphatic rings. The van der Waals surface area contributed by atoms with E-state index in [0.717, 1.165) is 26.0 Å². The fourth-order valence-electron chi connectivity index (χ4n) is 2.22. The lowest BCUT2D eigenvalue weighted by molar-refractivity contribution is -0.0300. The summed E-state index contributed by atoms with van der Waals surface area (Å²) in [4.78, 5) is 1.97. The highest BCUT2D eigenvalue weighted by Gasteiger charge is 2.36. The van der Waals surface area contributed by atoms with Crippen LogP contribution in [0.4, 0.5) is 0 Å². The molecule has 1 saturated heterocycles. The predicted octanol–water partition coefficient (Wildman–Crippen LogP) is 0.133. The third-order valence-electron chi connectivity index (χ3n) is 2.79. The molecule has 4 nitrogen and oxygen atoms in total. The highest BCUT2D eigenvalue weighted by atomic mass is 16.5. The Morgan fingerprint density at radius 3 is 3.08 bits per heavy atom. The van der Waals surface area contributed by atoms with Crippen molar-refractivity contribution in [3.05, 3.63) is 0 Å². The minimum Gasteiger partial charge on any atom is -0.374 e. The molecule has 0 spiro atoms. The highest BCUT2D eigenvalue weighted by molar-refractivity contribution is 5.75. The van der Waals surface area contributed by atoms with Crippen molar-refractivity contribution in [3.63, 3.8) is 0 Å². The number of guanidine groups is 1. The maximum Gasteiger partial charge on any atom is 0.188 e. The minimum atomic E-state index is 0.204. The number of nitrogens with two attached hydrogens (primary N) is 1. The van der Waals surface area contributed by atoms with Gasteiger partial charge in [0.25, 0.3) is 0 Å². The number of ether oxygens (including phenoxy) is 1. The third kappa shape index (κ3) is 1.16. The summed E-state index contributed by atoms with van der Waals surface area (Å²) in [6.45, 7) is 1.51. The number of hydrogen-bond donors (Lipinski definition) is 2. The molecule has 2 rings (SSSR count). The van der Waals surface area contributed by atoms with Gasteiger partial charge in [0.2, 0.25) is 0 Å². The first kappa shape index (κ1) is 7.86. The Balaban J connectivity index is 2.08. The molecule has 0 amide bonds. The van der Waals surface area contributed by atoms with Crippen LogP contribution >= 0.6 is 0 Å². The molecule has 2 fully saturated rings. The van der Waals surface area contributed by atoms with Gasteiger partial charge in [-0.2, -0.15) is 0 Å². The van der Waals surface area contributed by atoms with E-state index < -0.39 is 0 Å². The van der Waals surface area contributed by atoms with Crippen LogP contribution in [0.1, 0.15) is 19.3 Å². The van der Waals surface area contributed by atoms with Gasteiger partial charge in [-0.25, -0.2) is 0 Å². The highest BCUT2D eigenvalue weighted by Crippen LogP contribution is 2.28. The standard InChI is InChI=1S/C8H15N3O/c9-8(10)11-4-5-12-7-3-1-2-6(7)11/h6-7H,1-5H2,(H3,9,10). The average Bonchev–Trinajstić information content (AvgIpc) is 2.49. The van der Waals surface area contributed by atoms with Crippen molar-refractivity contribution in [2.45, 2.75) is 31.4 Å². The summed E-state index contributed by atoms with van der Waals surface area (Å²) in [5.41, 5.74) is 5.48. The van der Waals surface area contributed by atoms with Gasteiger partial charge < -0.3 is 15.4 Å². The smallest absolute Gasteiger partial charge is 0.188 e. The molecule has 4 heteroatoms. The van der Waals surface area contributed by atoms with Crippen molar-refractivity contribution in [2.24, 2.45) is 5.73 Å². The van der Waals surface area contributed by atoms with Crippen LogP contribution in [0.2, 0.25) is 0 Å². The lowest BCUT2D eigenvalue weighted by Gasteiger charge is -2.37. The largest absolute Gasteiger partial charge is 0.374 e. The summed E-state index contributed by atoms with van der Waals surface area (Å²) >= 11 is 0. The van der Waals surface area contributed by atoms with E-state index >= 15 is 0 Å². The number of morpholine rings is 1. The molecule has 12 heavy (non-hydrogen) atoms. The van der Waals surface area contributed by atoms with E-state index in [0.29, 0.717) is 12.1 Å². The Bertz CT molecular complexity index is 195. The van der Waals surface area contributed by atoms with Gasteiger partial charge in [-0.3, -0.25) is 5.41 Å². The number of fused-ring (bicyclic) bond motifs is 1. The monoisotopic (exact) mass is 169 g/mol. The summed E-state index contributed by atoms with van der Waals surface area (Å²) in [6.07, 6.45) is 3.81. The molecule has 2 unspecified atom stereocenters. The average molecular weight is 169 g/mol. The van der Waals surface area contributed by atoms with E-state index in [-0.39, 0.29) is 5.96 Å². The topological polar surface area (TPSA) is 62.3 Å². The van der Waals surface area contributed by atoms with Gasteiger partial charge >= 0.3 is 0 Å². The molecule has 1 heterocycles. The fraction of sp³-hybridized carbons (Fsp3) is 0.875. The van der Waals surface area contributed by atoms with E-state index in [9.17, 15) is 0 Å². The molecule has 1 aliphatic heterocycles. The Labute approximate surface area is 72.2 Å².